The van der Waals surface area contributed by atoms with Crippen LogP contribution in [-0.4, -0.2) is 30.1 Å². The lowest BCUT2D eigenvalue weighted by Crippen LogP contribution is -2.41. The molecule has 0 unspecified atom stereocenters. The van der Waals surface area contributed by atoms with Crippen molar-refractivity contribution in [2.24, 2.45) is 0 Å². The summed E-state index contributed by atoms with van der Waals surface area (Å²) in [6.45, 7) is 3.46. The molecule has 1 aromatic carbocycles. The molecule has 2 fully saturated rings. The van der Waals surface area contributed by atoms with Gasteiger partial charge in [0, 0.05) is 23.7 Å². The first-order valence-electron chi connectivity index (χ1n) is 7.05. The number of hydrogen-bond acceptors (Lipinski definition) is 2. The monoisotopic (exact) mass is 264 g/mol. The highest BCUT2D eigenvalue weighted by atomic mass is 35.5. The number of likely N-dealkylation sites (tertiary alicyclic amines) is 1. The van der Waals surface area contributed by atoms with Crippen LogP contribution in [0.15, 0.2) is 24.3 Å². The molecule has 2 heterocycles. The van der Waals surface area contributed by atoms with Crippen LogP contribution < -0.4 is 5.32 Å². The molecule has 18 heavy (non-hydrogen) atoms. The van der Waals surface area contributed by atoms with Crippen molar-refractivity contribution in [3.05, 3.63) is 34.9 Å². The van der Waals surface area contributed by atoms with E-state index in [-0.39, 0.29) is 0 Å². The highest BCUT2D eigenvalue weighted by molar-refractivity contribution is 6.30. The topological polar surface area (TPSA) is 15.3 Å². The fraction of sp³-hybridized carbons (Fsp3) is 0.600. The van der Waals surface area contributed by atoms with Gasteiger partial charge in [0.15, 0.2) is 0 Å². The van der Waals surface area contributed by atoms with Gasteiger partial charge in [-0.25, -0.2) is 0 Å². The Hall–Kier alpha value is -0.570. The largest absolute Gasteiger partial charge is 0.312 e. The maximum Gasteiger partial charge on any atom is 0.0409 e. The minimum atomic E-state index is 0.715. The summed E-state index contributed by atoms with van der Waals surface area (Å²) >= 11 is 6.08. The quantitative estimate of drug-likeness (QED) is 0.883. The van der Waals surface area contributed by atoms with Crippen molar-refractivity contribution in [1.29, 1.82) is 0 Å². The molecular weight excluding hydrogens is 244 g/mol. The van der Waals surface area contributed by atoms with Gasteiger partial charge in [-0.05, 0) is 50.0 Å². The summed E-state index contributed by atoms with van der Waals surface area (Å²) in [4.78, 5) is 2.66. The standard InChI is InChI=1S/C15H21ClN2/c16-13-5-3-4-12(10-13)11-18-9-2-1-6-14-15(18)7-8-17-14/h3-5,10,14-15,17H,1-2,6-9,11H2/t14-,15-/m1/s1. The van der Waals surface area contributed by atoms with Crippen LogP contribution in [0.3, 0.4) is 0 Å². The van der Waals surface area contributed by atoms with Crippen LogP contribution in [0.2, 0.25) is 5.02 Å². The second kappa shape index (κ2) is 5.60. The summed E-state index contributed by atoms with van der Waals surface area (Å²) in [7, 11) is 0. The Morgan fingerprint density at radius 2 is 2.22 bits per heavy atom. The Kier molecular flexibility index (Phi) is 3.88. The van der Waals surface area contributed by atoms with E-state index in [9.17, 15) is 0 Å². The van der Waals surface area contributed by atoms with E-state index in [1.165, 1.54) is 44.3 Å². The van der Waals surface area contributed by atoms with Crippen LogP contribution >= 0.6 is 11.6 Å². The van der Waals surface area contributed by atoms with Crippen LogP contribution in [-0.2, 0) is 6.54 Å². The Labute approximate surface area is 114 Å². The van der Waals surface area contributed by atoms with Gasteiger partial charge in [0.05, 0.1) is 0 Å². The fourth-order valence-electron chi connectivity index (χ4n) is 3.40. The third-order valence-electron chi connectivity index (χ3n) is 4.27. The van der Waals surface area contributed by atoms with Gasteiger partial charge >= 0.3 is 0 Å². The molecule has 2 nitrogen and oxygen atoms in total. The molecule has 0 spiro atoms. The summed E-state index contributed by atoms with van der Waals surface area (Å²) in [6.07, 6.45) is 5.33. The zero-order chi connectivity index (χ0) is 12.4. The molecule has 2 atom stereocenters. The maximum atomic E-state index is 6.08. The maximum absolute atomic E-state index is 6.08. The smallest absolute Gasteiger partial charge is 0.0409 e. The zero-order valence-electron chi connectivity index (χ0n) is 10.7. The van der Waals surface area contributed by atoms with Crippen molar-refractivity contribution in [2.75, 3.05) is 13.1 Å². The average Bonchev–Trinajstić information content (AvgIpc) is 2.74. The minimum absolute atomic E-state index is 0.715. The summed E-state index contributed by atoms with van der Waals surface area (Å²) in [6, 6.07) is 9.74. The van der Waals surface area contributed by atoms with E-state index >= 15 is 0 Å². The van der Waals surface area contributed by atoms with Crippen LogP contribution in [0.25, 0.3) is 0 Å². The summed E-state index contributed by atoms with van der Waals surface area (Å²) < 4.78 is 0. The van der Waals surface area contributed by atoms with Gasteiger partial charge in [-0.3, -0.25) is 4.90 Å². The molecule has 3 rings (SSSR count). The van der Waals surface area contributed by atoms with Crippen LogP contribution in [0.5, 0.6) is 0 Å². The minimum Gasteiger partial charge on any atom is -0.312 e. The van der Waals surface area contributed by atoms with Gasteiger partial charge in [-0.2, -0.15) is 0 Å². The van der Waals surface area contributed by atoms with Crippen LogP contribution in [0.1, 0.15) is 31.2 Å². The van der Waals surface area contributed by atoms with Crippen molar-refractivity contribution < 1.29 is 0 Å². The number of rotatable bonds is 2. The third kappa shape index (κ3) is 2.71. The second-order valence-electron chi connectivity index (χ2n) is 5.51. The number of nitrogens with zero attached hydrogens (tertiary/aromatic N) is 1. The molecule has 1 N–H and O–H groups in total. The molecule has 2 aliphatic heterocycles. The van der Waals surface area contributed by atoms with E-state index in [0.29, 0.717) is 6.04 Å². The molecule has 2 aliphatic rings. The first-order valence-corrected chi connectivity index (χ1v) is 7.42. The molecule has 98 valence electrons. The van der Waals surface area contributed by atoms with E-state index in [1.807, 2.05) is 6.07 Å². The molecular formula is C15H21ClN2. The van der Waals surface area contributed by atoms with Crippen molar-refractivity contribution in [2.45, 2.75) is 44.3 Å². The predicted molar refractivity (Wildman–Crippen MR) is 75.9 cm³/mol. The van der Waals surface area contributed by atoms with E-state index < -0.39 is 0 Å². The normalized spacial score (nSPS) is 28.9. The number of hydrogen-bond donors (Lipinski definition) is 1. The summed E-state index contributed by atoms with van der Waals surface area (Å²) in [5.74, 6) is 0. The Balaban J connectivity index is 1.73. The zero-order valence-corrected chi connectivity index (χ0v) is 11.5. The molecule has 3 heteroatoms. The van der Waals surface area contributed by atoms with Gasteiger partial charge in [-0.1, -0.05) is 30.2 Å². The van der Waals surface area contributed by atoms with E-state index in [1.54, 1.807) is 0 Å². The van der Waals surface area contributed by atoms with Crippen molar-refractivity contribution in [3.8, 4) is 0 Å². The lowest BCUT2D eigenvalue weighted by molar-refractivity contribution is 0.186. The fourth-order valence-corrected chi connectivity index (χ4v) is 3.61. The average molecular weight is 265 g/mol. The second-order valence-corrected chi connectivity index (χ2v) is 5.95. The molecule has 0 saturated carbocycles. The van der Waals surface area contributed by atoms with Gasteiger partial charge in [0.1, 0.15) is 0 Å². The Morgan fingerprint density at radius 1 is 1.28 bits per heavy atom. The van der Waals surface area contributed by atoms with Gasteiger partial charge in [0.2, 0.25) is 0 Å². The number of nitrogens with one attached hydrogen (secondary N) is 1. The number of fused-ring (bicyclic) bond motifs is 1. The molecule has 0 aliphatic carbocycles. The van der Waals surface area contributed by atoms with Gasteiger partial charge in [0.25, 0.3) is 0 Å². The third-order valence-corrected chi connectivity index (χ3v) is 4.50. The highest BCUT2D eigenvalue weighted by Crippen LogP contribution is 2.25. The first-order chi connectivity index (χ1) is 8.83. The SMILES string of the molecule is Clc1cccc(CN2CCCC[C@H]3NCC[C@H]32)c1. The Morgan fingerprint density at radius 3 is 3.11 bits per heavy atom. The van der Waals surface area contributed by atoms with Crippen LogP contribution in [0.4, 0.5) is 0 Å². The van der Waals surface area contributed by atoms with Crippen molar-refractivity contribution in [3.63, 3.8) is 0 Å². The predicted octanol–water partition coefficient (Wildman–Crippen LogP) is 3.06. The van der Waals surface area contributed by atoms with E-state index in [0.717, 1.165) is 17.6 Å². The molecule has 2 saturated heterocycles. The van der Waals surface area contributed by atoms with Gasteiger partial charge in [-0.15, -0.1) is 0 Å². The van der Waals surface area contributed by atoms with Crippen LogP contribution in [0, 0.1) is 0 Å². The summed E-state index contributed by atoms with van der Waals surface area (Å²) in [5.41, 5.74) is 1.34. The number of halogens is 1. The first kappa shape index (κ1) is 12.5. The van der Waals surface area contributed by atoms with Crippen molar-refractivity contribution >= 4 is 11.6 Å². The van der Waals surface area contributed by atoms with E-state index in [2.05, 4.69) is 28.4 Å². The number of benzene rings is 1. The molecule has 0 amide bonds. The molecule has 0 bridgehead atoms. The Bertz CT molecular complexity index is 407. The lowest BCUT2D eigenvalue weighted by atomic mass is 10.0. The highest BCUT2D eigenvalue weighted by Gasteiger charge is 2.32. The van der Waals surface area contributed by atoms with Gasteiger partial charge < -0.3 is 5.32 Å². The summed E-state index contributed by atoms with van der Waals surface area (Å²) in [5, 5.41) is 4.51. The molecule has 0 aromatic heterocycles. The van der Waals surface area contributed by atoms with Crippen molar-refractivity contribution in [1.82, 2.24) is 10.2 Å². The van der Waals surface area contributed by atoms with E-state index in [4.69, 9.17) is 11.6 Å². The lowest BCUT2D eigenvalue weighted by Gasteiger charge is -2.30. The molecule has 1 aromatic rings. The molecule has 0 radical (unpaired) electrons.